The Kier molecular flexibility index (Phi) is 5.38. The molecule has 0 saturated carbocycles. The molecule has 0 amide bonds. The maximum atomic E-state index is 2.47. The zero-order valence-electron chi connectivity index (χ0n) is 6.30. The van der Waals surface area contributed by atoms with E-state index >= 15 is 0 Å². The molecule has 0 atom stereocenters. The molecular weight excluding hydrogens is 187 g/mol. The fourth-order valence-corrected chi connectivity index (χ4v) is 1.07. The molecule has 1 aliphatic rings. The summed E-state index contributed by atoms with van der Waals surface area (Å²) in [5.41, 5.74) is 0. The molecule has 0 aromatic carbocycles. The second-order valence-corrected chi connectivity index (χ2v) is 2.67. The third-order valence-corrected chi connectivity index (χ3v) is 1.71. The third kappa shape index (κ3) is 3.11. The first kappa shape index (κ1) is 10.1. The van der Waals surface area contributed by atoms with Gasteiger partial charge in [-0.05, 0) is 20.4 Å². The van der Waals surface area contributed by atoms with Crippen molar-refractivity contribution in [3.8, 4) is 0 Å². The van der Waals surface area contributed by atoms with Crippen molar-refractivity contribution < 1.29 is 32.7 Å². The van der Waals surface area contributed by atoms with Gasteiger partial charge in [-0.2, -0.15) is 6.42 Å². The second kappa shape index (κ2) is 4.81. The van der Waals surface area contributed by atoms with E-state index in [-0.39, 0.29) is 32.7 Å². The van der Waals surface area contributed by atoms with Crippen LogP contribution in [0.1, 0.15) is 20.3 Å². The molecular formula is C7H14NY-. The average Bonchev–Trinajstić information content (AvgIpc) is 2.12. The predicted octanol–water partition coefficient (Wildman–Crippen LogP) is 1.30. The normalized spacial score (nSPS) is 20.3. The van der Waals surface area contributed by atoms with Gasteiger partial charge in [-0.15, -0.1) is 6.54 Å². The Bertz CT molecular complexity index is 67.3. The number of hydrogen-bond acceptors (Lipinski definition) is 1. The van der Waals surface area contributed by atoms with Crippen LogP contribution >= 0.6 is 0 Å². The summed E-state index contributed by atoms with van der Waals surface area (Å²) in [5, 5.41) is 0. The molecule has 0 unspecified atom stereocenters. The van der Waals surface area contributed by atoms with Gasteiger partial charge in [0.2, 0.25) is 0 Å². The quantitative estimate of drug-likeness (QED) is 0.578. The fourth-order valence-electron chi connectivity index (χ4n) is 1.07. The molecule has 1 saturated heterocycles. The molecule has 1 radical (unpaired) electrons. The van der Waals surface area contributed by atoms with Crippen molar-refractivity contribution in [2.75, 3.05) is 13.1 Å². The van der Waals surface area contributed by atoms with E-state index in [9.17, 15) is 0 Å². The SMILES string of the molecule is CC(C)N1C[CH-]CC1.[Y]. The van der Waals surface area contributed by atoms with Crippen LogP contribution in [0.3, 0.4) is 0 Å². The van der Waals surface area contributed by atoms with Crippen molar-refractivity contribution in [2.24, 2.45) is 0 Å². The van der Waals surface area contributed by atoms with Gasteiger partial charge in [-0.25, -0.2) is 0 Å². The van der Waals surface area contributed by atoms with Gasteiger partial charge in [0, 0.05) is 38.8 Å². The molecule has 0 aromatic heterocycles. The minimum absolute atomic E-state index is 0. The van der Waals surface area contributed by atoms with Gasteiger partial charge in [-0.1, -0.05) is 0 Å². The maximum absolute atomic E-state index is 2.47. The van der Waals surface area contributed by atoms with Crippen molar-refractivity contribution in [1.82, 2.24) is 4.90 Å². The van der Waals surface area contributed by atoms with Gasteiger partial charge in [0.15, 0.2) is 0 Å². The summed E-state index contributed by atoms with van der Waals surface area (Å²) in [6, 6.07) is 0.744. The Labute approximate surface area is 83.1 Å². The first-order valence-corrected chi connectivity index (χ1v) is 3.36. The van der Waals surface area contributed by atoms with E-state index in [0.717, 1.165) is 6.04 Å². The van der Waals surface area contributed by atoms with Crippen LogP contribution in [-0.4, -0.2) is 24.0 Å². The van der Waals surface area contributed by atoms with Gasteiger partial charge < -0.3 is 11.3 Å². The third-order valence-electron chi connectivity index (χ3n) is 1.71. The molecule has 0 bridgehead atoms. The van der Waals surface area contributed by atoms with E-state index in [0.29, 0.717) is 0 Å². The minimum Gasteiger partial charge on any atom is -0.333 e. The molecule has 2 heteroatoms. The van der Waals surface area contributed by atoms with E-state index in [1.165, 1.54) is 19.5 Å². The monoisotopic (exact) mass is 201 g/mol. The Morgan fingerprint density at radius 1 is 1.44 bits per heavy atom. The van der Waals surface area contributed by atoms with E-state index in [1.54, 1.807) is 0 Å². The fraction of sp³-hybridized carbons (Fsp3) is 0.857. The number of hydrogen-bond donors (Lipinski definition) is 0. The zero-order chi connectivity index (χ0) is 5.98. The van der Waals surface area contributed by atoms with Crippen molar-refractivity contribution in [1.29, 1.82) is 0 Å². The van der Waals surface area contributed by atoms with E-state index in [2.05, 4.69) is 25.2 Å². The Hall–Kier alpha value is 1.06. The van der Waals surface area contributed by atoms with Crippen LogP contribution in [-0.2, 0) is 32.7 Å². The molecule has 1 heterocycles. The number of likely N-dealkylation sites (tertiary alicyclic amines) is 1. The second-order valence-electron chi connectivity index (χ2n) is 2.67. The number of nitrogens with zero attached hydrogens (tertiary/aromatic N) is 1. The van der Waals surface area contributed by atoms with Gasteiger partial charge in [0.1, 0.15) is 0 Å². The summed E-state index contributed by atoms with van der Waals surface area (Å²) >= 11 is 0. The molecule has 1 nitrogen and oxygen atoms in total. The van der Waals surface area contributed by atoms with Gasteiger partial charge in [0.05, 0.1) is 0 Å². The van der Waals surface area contributed by atoms with Gasteiger partial charge >= 0.3 is 0 Å². The Morgan fingerprint density at radius 2 is 2.11 bits per heavy atom. The van der Waals surface area contributed by atoms with Crippen molar-refractivity contribution in [2.45, 2.75) is 26.3 Å². The smallest absolute Gasteiger partial charge is 0.000904 e. The van der Waals surface area contributed by atoms with Crippen molar-refractivity contribution in [3.05, 3.63) is 6.42 Å². The molecule has 1 aliphatic heterocycles. The molecule has 0 spiro atoms. The van der Waals surface area contributed by atoms with Crippen LogP contribution in [0.15, 0.2) is 0 Å². The Balaban J connectivity index is 0.000000640. The molecule has 1 fully saturated rings. The van der Waals surface area contributed by atoms with E-state index < -0.39 is 0 Å². The van der Waals surface area contributed by atoms with Crippen LogP contribution in [0.25, 0.3) is 0 Å². The van der Waals surface area contributed by atoms with Gasteiger partial charge in [-0.3, -0.25) is 0 Å². The van der Waals surface area contributed by atoms with Crippen LogP contribution in [0.5, 0.6) is 0 Å². The van der Waals surface area contributed by atoms with Crippen LogP contribution in [0.4, 0.5) is 0 Å². The molecule has 51 valence electrons. The van der Waals surface area contributed by atoms with Crippen LogP contribution in [0.2, 0.25) is 0 Å². The van der Waals surface area contributed by atoms with Crippen molar-refractivity contribution >= 4 is 0 Å². The topological polar surface area (TPSA) is 3.24 Å². The summed E-state index contributed by atoms with van der Waals surface area (Å²) in [6.45, 7) is 6.98. The molecule has 0 aromatic rings. The average molecular weight is 201 g/mol. The summed E-state index contributed by atoms with van der Waals surface area (Å²) in [5.74, 6) is 0. The van der Waals surface area contributed by atoms with E-state index in [1.807, 2.05) is 0 Å². The summed E-state index contributed by atoms with van der Waals surface area (Å²) in [7, 11) is 0. The standard InChI is InChI=1S/C7H14N.Y/c1-7(2)8-5-3-4-6-8;/h3,7H,4-6H2,1-2H3;/q-1;. The first-order chi connectivity index (χ1) is 3.80. The predicted molar refractivity (Wildman–Crippen MR) is 35.6 cm³/mol. The molecule has 0 N–H and O–H groups in total. The maximum Gasteiger partial charge on any atom is 0.000904 e. The molecule has 1 rings (SSSR count). The summed E-state index contributed by atoms with van der Waals surface area (Å²) < 4.78 is 0. The minimum atomic E-state index is 0. The molecule has 9 heavy (non-hydrogen) atoms. The first-order valence-electron chi connectivity index (χ1n) is 3.36. The summed E-state index contributed by atoms with van der Waals surface area (Å²) in [4.78, 5) is 2.47. The van der Waals surface area contributed by atoms with E-state index in [4.69, 9.17) is 0 Å². The van der Waals surface area contributed by atoms with Crippen LogP contribution in [0, 0.1) is 6.42 Å². The number of rotatable bonds is 1. The largest absolute Gasteiger partial charge is 0.333 e. The van der Waals surface area contributed by atoms with Gasteiger partial charge in [0.25, 0.3) is 0 Å². The zero-order valence-corrected chi connectivity index (χ0v) is 9.14. The summed E-state index contributed by atoms with van der Waals surface area (Å²) in [6.07, 6.45) is 3.64. The van der Waals surface area contributed by atoms with Crippen molar-refractivity contribution in [3.63, 3.8) is 0 Å². The molecule has 0 aliphatic carbocycles. The Morgan fingerprint density at radius 3 is 2.33 bits per heavy atom. The van der Waals surface area contributed by atoms with Crippen LogP contribution < -0.4 is 0 Å².